The molecule has 0 radical (unpaired) electrons. The van der Waals surface area contributed by atoms with Gasteiger partial charge in [-0.25, -0.2) is 0 Å². The van der Waals surface area contributed by atoms with E-state index in [1.54, 1.807) is 0 Å². The Kier molecular flexibility index (Phi) is 5.16. The Morgan fingerprint density at radius 2 is 1.88 bits per heavy atom. The summed E-state index contributed by atoms with van der Waals surface area (Å²) in [5, 5.41) is 29.4. The van der Waals surface area contributed by atoms with Crippen LogP contribution in [-0.2, 0) is 11.8 Å². The van der Waals surface area contributed by atoms with E-state index in [1.807, 2.05) is 12.1 Å². The number of aryl methyl sites for hydroxylation is 1. The van der Waals surface area contributed by atoms with Crippen molar-refractivity contribution in [1.29, 1.82) is 0 Å². The number of benzene rings is 1. The van der Waals surface area contributed by atoms with E-state index >= 15 is 0 Å². The van der Waals surface area contributed by atoms with Crippen molar-refractivity contribution in [3.63, 3.8) is 0 Å². The molecular formula is C21H33NO3. The van der Waals surface area contributed by atoms with Gasteiger partial charge in [0.15, 0.2) is 0 Å². The highest BCUT2D eigenvalue weighted by Gasteiger charge is 2.51. The third-order valence-electron chi connectivity index (χ3n) is 6.87. The lowest BCUT2D eigenvalue weighted by Crippen LogP contribution is -2.47. The molecule has 2 bridgehead atoms. The first-order chi connectivity index (χ1) is 11.8. The maximum absolute atomic E-state index is 10.6. The molecule has 0 amide bonds. The predicted molar refractivity (Wildman–Crippen MR) is 99.5 cm³/mol. The number of nitrogens with two attached hydrogens (primary N) is 1. The molecule has 4 unspecified atom stereocenters. The largest absolute Gasteiger partial charge is 0.508 e. The predicted octanol–water partition coefficient (Wildman–Crippen LogP) is 2.72. The summed E-state index contributed by atoms with van der Waals surface area (Å²) in [5.74, 6) is 2.48. The van der Waals surface area contributed by atoms with Gasteiger partial charge in [-0.2, -0.15) is 0 Å². The average Bonchev–Trinajstić information content (AvgIpc) is 2.83. The summed E-state index contributed by atoms with van der Waals surface area (Å²) >= 11 is 0. The van der Waals surface area contributed by atoms with Crippen LogP contribution in [0.15, 0.2) is 18.2 Å². The van der Waals surface area contributed by atoms with Gasteiger partial charge in [-0.3, -0.25) is 0 Å². The Hall–Kier alpha value is -1.10. The SMILES string of the molecule is CC1CC2CC(C)C(c3cc(CCC(N)(CO)CO)ccc3O)(C1)C2. The highest BCUT2D eigenvalue weighted by molar-refractivity contribution is 5.44. The number of aliphatic hydroxyl groups is 2. The van der Waals surface area contributed by atoms with Gasteiger partial charge in [-0.1, -0.05) is 26.0 Å². The van der Waals surface area contributed by atoms with Crippen LogP contribution in [0.25, 0.3) is 0 Å². The second-order valence-corrected chi connectivity index (χ2v) is 8.94. The molecule has 2 saturated carbocycles. The first kappa shape index (κ1) is 18.7. The minimum atomic E-state index is -0.943. The van der Waals surface area contributed by atoms with Crippen LogP contribution in [0, 0.1) is 17.8 Å². The number of aliphatic hydroxyl groups excluding tert-OH is 2. The van der Waals surface area contributed by atoms with E-state index < -0.39 is 5.54 Å². The van der Waals surface area contributed by atoms with Gasteiger partial charge >= 0.3 is 0 Å². The molecular weight excluding hydrogens is 314 g/mol. The second-order valence-electron chi connectivity index (χ2n) is 8.94. The molecule has 140 valence electrons. The fourth-order valence-corrected chi connectivity index (χ4v) is 5.49. The summed E-state index contributed by atoms with van der Waals surface area (Å²) in [6.45, 7) is 4.22. The van der Waals surface area contributed by atoms with Crippen molar-refractivity contribution in [1.82, 2.24) is 0 Å². The van der Waals surface area contributed by atoms with Crippen LogP contribution in [0.5, 0.6) is 5.75 Å². The molecule has 4 heteroatoms. The summed E-state index contributed by atoms with van der Waals surface area (Å²) < 4.78 is 0. The Labute approximate surface area is 151 Å². The van der Waals surface area contributed by atoms with Crippen molar-refractivity contribution >= 4 is 0 Å². The van der Waals surface area contributed by atoms with Crippen LogP contribution < -0.4 is 5.73 Å². The van der Waals surface area contributed by atoms with Crippen LogP contribution >= 0.6 is 0 Å². The van der Waals surface area contributed by atoms with Crippen molar-refractivity contribution in [2.75, 3.05) is 13.2 Å². The molecule has 5 N–H and O–H groups in total. The summed E-state index contributed by atoms with van der Waals surface area (Å²) in [6, 6.07) is 5.91. The molecule has 0 aromatic heterocycles. The summed E-state index contributed by atoms with van der Waals surface area (Å²) in [4.78, 5) is 0. The smallest absolute Gasteiger partial charge is 0.119 e. The molecule has 3 rings (SSSR count). The Morgan fingerprint density at radius 1 is 1.16 bits per heavy atom. The summed E-state index contributed by atoms with van der Waals surface area (Å²) in [6.07, 6.45) is 6.11. The quantitative estimate of drug-likeness (QED) is 0.637. The lowest BCUT2D eigenvalue weighted by atomic mass is 9.64. The molecule has 0 aliphatic heterocycles. The van der Waals surface area contributed by atoms with Crippen LogP contribution in [0.1, 0.15) is 57.1 Å². The van der Waals surface area contributed by atoms with Gasteiger partial charge in [-0.05, 0) is 67.9 Å². The molecule has 2 aliphatic rings. The number of hydrogen-bond donors (Lipinski definition) is 4. The van der Waals surface area contributed by atoms with E-state index in [0.29, 0.717) is 30.4 Å². The van der Waals surface area contributed by atoms with E-state index in [0.717, 1.165) is 23.5 Å². The average molecular weight is 347 g/mol. The first-order valence-corrected chi connectivity index (χ1v) is 9.65. The molecule has 2 aliphatic carbocycles. The van der Waals surface area contributed by atoms with Gasteiger partial charge in [0.05, 0.1) is 18.8 Å². The number of hydrogen-bond acceptors (Lipinski definition) is 4. The van der Waals surface area contributed by atoms with Gasteiger partial charge in [0.25, 0.3) is 0 Å². The van der Waals surface area contributed by atoms with E-state index in [4.69, 9.17) is 5.73 Å². The lowest BCUT2D eigenvalue weighted by Gasteiger charge is -2.40. The number of phenols is 1. The fourth-order valence-electron chi connectivity index (χ4n) is 5.49. The Balaban J connectivity index is 1.87. The number of phenolic OH excluding ortho intramolecular Hbond substituents is 1. The zero-order valence-electron chi connectivity index (χ0n) is 15.5. The van der Waals surface area contributed by atoms with Crippen LogP contribution in [0.2, 0.25) is 0 Å². The Morgan fingerprint density at radius 3 is 2.56 bits per heavy atom. The molecule has 4 nitrogen and oxygen atoms in total. The Bertz CT molecular complexity index is 613. The lowest BCUT2D eigenvalue weighted by molar-refractivity contribution is 0.115. The molecule has 0 spiro atoms. The minimum Gasteiger partial charge on any atom is -0.508 e. The van der Waals surface area contributed by atoms with Crippen molar-refractivity contribution in [2.45, 2.75) is 63.3 Å². The number of fused-ring (bicyclic) bond motifs is 2. The van der Waals surface area contributed by atoms with Crippen LogP contribution in [0.4, 0.5) is 0 Å². The first-order valence-electron chi connectivity index (χ1n) is 9.65. The molecule has 2 fully saturated rings. The van der Waals surface area contributed by atoms with E-state index in [1.165, 1.54) is 19.3 Å². The van der Waals surface area contributed by atoms with E-state index in [-0.39, 0.29) is 18.6 Å². The third kappa shape index (κ3) is 3.44. The van der Waals surface area contributed by atoms with Crippen molar-refractivity contribution < 1.29 is 15.3 Å². The molecule has 0 heterocycles. The van der Waals surface area contributed by atoms with Gasteiger partial charge in [-0.15, -0.1) is 0 Å². The molecule has 1 aromatic rings. The normalized spacial score (nSPS) is 32.1. The summed E-state index contributed by atoms with van der Waals surface area (Å²) in [7, 11) is 0. The maximum atomic E-state index is 10.6. The van der Waals surface area contributed by atoms with E-state index in [2.05, 4.69) is 19.9 Å². The van der Waals surface area contributed by atoms with E-state index in [9.17, 15) is 15.3 Å². The molecule has 4 atom stereocenters. The van der Waals surface area contributed by atoms with Gasteiger partial charge in [0, 0.05) is 11.0 Å². The highest BCUT2D eigenvalue weighted by atomic mass is 16.3. The molecule has 25 heavy (non-hydrogen) atoms. The topological polar surface area (TPSA) is 86.7 Å². The number of rotatable bonds is 6. The van der Waals surface area contributed by atoms with Crippen LogP contribution in [-0.4, -0.2) is 34.1 Å². The van der Waals surface area contributed by atoms with Gasteiger partial charge < -0.3 is 21.1 Å². The standard InChI is InChI=1S/C21H33NO3/c1-14-7-17-8-15(2)21(10-14,11-17)18-9-16(3-4-19(18)25)5-6-20(22,12-23)13-24/h3-4,9,14-15,17,23-25H,5-8,10-13,22H2,1-2H3. The molecule has 1 aromatic carbocycles. The van der Waals surface area contributed by atoms with Crippen molar-refractivity contribution in [3.8, 4) is 5.75 Å². The zero-order chi connectivity index (χ0) is 18.2. The van der Waals surface area contributed by atoms with Gasteiger partial charge in [0.1, 0.15) is 5.75 Å². The third-order valence-corrected chi connectivity index (χ3v) is 6.87. The second kappa shape index (κ2) is 6.90. The maximum Gasteiger partial charge on any atom is 0.119 e. The molecule has 0 saturated heterocycles. The minimum absolute atomic E-state index is 0.0934. The van der Waals surface area contributed by atoms with Gasteiger partial charge in [0.2, 0.25) is 0 Å². The fraction of sp³-hybridized carbons (Fsp3) is 0.714. The summed E-state index contributed by atoms with van der Waals surface area (Å²) in [5.41, 5.74) is 7.37. The van der Waals surface area contributed by atoms with Crippen molar-refractivity contribution in [3.05, 3.63) is 29.3 Å². The zero-order valence-corrected chi connectivity index (χ0v) is 15.5. The monoisotopic (exact) mass is 347 g/mol. The number of aromatic hydroxyl groups is 1. The van der Waals surface area contributed by atoms with Crippen molar-refractivity contribution in [2.24, 2.45) is 23.5 Å². The highest BCUT2D eigenvalue weighted by Crippen LogP contribution is 2.59. The van der Waals surface area contributed by atoms with Crippen LogP contribution in [0.3, 0.4) is 0 Å².